The molecule has 0 aliphatic carbocycles. The number of amides is 2. The highest BCUT2D eigenvalue weighted by molar-refractivity contribution is 7.93. The number of ether oxygens (including phenoxy) is 1. The van der Waals surface area contributed by atoms with Gasteiger partial charge in [-0.15, -0.1) is 0 Å². The molecule has 194 valence electrons. The number of nitrogens with zero attached hydrogens (tertiary/aromatic N) is 3. The summed E-state index contributed by atoms with van der Waals surface area (Å²) in [4.78, 5) is 34.2. The lowest BCUT2D eigenvalue weighted by molar-refractivity contribution is 0.0599. The third-order valence-corrected chi connectivity index (χ3v) is 7.66. The molecule has 11 nitrogen and oxygen atoms in total. The van der Waals surface area contributed by atoms with Crippen LogP contribution in [0.1, 0.15) is 21.8 Å². The number of benzene rings is 2. The molecule has 1 fully saturated rings. The molecule has 38 heavy (non-hydrogen) atoms. The number of aromatic nitrogens is 2. The number of sulfonamides is 1. The van der Waals surface area contributed by atoms with Gasteiger partial charge in [0.05, 0.1) is 23.9 Å². The second kappa shape index (κ2) is 9.98. The van der Waals surface area contributed by atoms with Crippen molar-refractivity contribution in [1.82, 2.24) is 14.9 Å². The molecule has 2 aromatic carbocycles. The minimum Gasteiger partial charge on any atom is -0.496 e. The first kappa shape index (κ1) is 25.0. The van der Waals surface area contributed by atoms with E-state index >= 15 is 0 Å². The highest BCUT2D eigenvalue weighted by Crippen LogP contribution is 2.34. The predicted molar refractivity (Wildman–Crippen MR) is 140 cm³/mol. The Morgan fingerprint density at radius 2 is 1.76 bits per heavy atom. The van der Waals surface area contributed by atoms with Gasteiger partial charge in [0.1, 0.15) is 16.5 Å². The van der Waals surface area contributed by atoms with Crippen LogP contribution in [0.4, 0.5) is 16.3 Å². The minimum atomic E-state index is -3.98. The van der Waals surface area contributed by atoms with E-state index in [0.717, 1.165) is 0 Å². The number of carbonyl (C=O) groups excluding carboxylic acids is 1. The zero-order valence-electron chi connectivity index (χ0n) is 20.2. The average molecular weight is 534 g/mol. The fraction of sp³-hybridized carbons (Fsp3) is 0.154. The minimum absolute atomic E-state index is 0.0356. The molecule has 0 atom stereocenters. The van der Waals surface area contributed by atoms with Crippen molar-refractivity contribution in [2.45, 2.75) is 10.8 Å². The average Bonchev–Trinajstić information content (AvgIpc) is 2.87. The van der Waals surface area contributed by atoms with E-state index in [-0.39, 0.29) is 39.5 Å². The van der Waals surface area contributed by atoms with Crippen LogP contribution < -0.4 is 14.8 Å². The Morgan fingerprint density at radius 3 is 2.53 bits per heavy atom. The van der Waals surface area contributed by atoms with Crippen LogP contribution in [0.3, 0.4) is 0 Å². The van der Waals surface area contributed by atoms with E-state index in [4.69, 9.17) is 9.84 Å². The van der Waals surface area contributed by atoms with E-state index in [1.807, 2.05) is 0 Å². The zero-order chi connectivity index (χ0) is 26.9. The van der Waals surface area contributed by atoms with Gasteiger partial charge in [-0.2, -0.15) is 0 Å². The van der Waals surface area contributed by atoms with Crippen LogP contribution in [-0.2, 0) is 10.0 Å². The molecule has 3 N–H and O–H groups in total. The van der Waals surface area contributed by atoms with Gasteiger partial charge < -0.3 is 14.7 Å². The van der Waals surface area contributed by atoms with Crippen LogP contribution in [0.25, 0.3) is 10.9 Å². The normalized spacial score (nSPS) is 13.6. The second-order valence-electron chi connectivity index (χ2n) is 8.63. The number of carbonyl (C=O) groups is 2. The number of fused-ring (bicyclic) bond motifs is 1. The Labute approximate surface area is 218 Å². The van der Waals surface area contributed by atoms with Crippen LogP contribution in [0, 0.1) is 0 Å². The van der Waals surface area contributed by atoms with Gasteiger partial charge in [0, 0.05) is 48.4 Å². The van der Waals surface area contributed by atoms with Crippen LogP contribution >= 0.6 is 0 Å². The summed E-state index contributed by atoms with van der Waals surface area (Å²) in [5.41, 5.74) is 1.56. The van der Waals surface area contributed by atoms with E-state index in [9.17, 15) is 18.0 Å². The van der Waals surface area contributed by atoms with Crippen LogP contribution in [0.2, 0.25) is 0 Å². The Kier molecular flexibility index (Phi) is 6.55. The molecule has 4 aromatic rings. The lowest BCUT2D eigenvalue weighted by Crippen LogP contribution is -2.48. The zero-order valence-corrected chi connectivity index (χ0v) is 21.0. The monoisotopic (exact) mass is 533 g/mol. The first-order chi connectivity index (χ1) is 18.3. The Hall–Kier alpha value is -4.71. The van der Waals surface area contributed by atoms with E-state index in [0.29, 0.717) is 29.6 Å². The molecule has 2 aromatic heterocycles. The van der Waals surface area contributed by atoms with Gasteiger partial charge in [-0.05, 0) is 30.3 Å². The smallest absolute Gasteiger partial charge is 0.410 e. The van der Waals surface area contributed by atoms with Crippen molar-refractivity contribution in [2.75, 3.05) is 30.2 Å². The van der Waals surface area contributed by atoms with E-state index < -0.39 is 16.1 Å². The summed E-state index contributed by atoms with van der Waals surface area (Å²) in [7, 11) is -2.58. The Balaban J connectivity index is 1.33. The highest BCUT2D eigenvalue weighted by Gasteiger charge is 2.35. The number of hydrogen-bond donors (Lipinski definition) is 3. The maximum atomic E-state index is 13.2. The summed E-state index contributed by atoms with van der Waals surface area (Å²) in [6, 6.07) is 16.4. The van der Waals surface area contributed by atoms with Crippen molar-refractivity contribution >= 4 is 44.4 Å². The summed E-state index contributed by atoms with van der Waals surface area (Å²) < 4.78 is 34.2. The number of carboxylic acid groups (broad SMARTS) is 1. The lowest BCUT2D eigenvalue weighted by atomic mass is 9.91. The standard InChI is InChI=1S/C26H23N5O6S/c1-37-21-13-18(30-38(35,36)22-8-2-5-16-6-3-11-27-23(16)22)9-10-20(21)25(32)31-14-17(15-31)19-7-4-12-28-24(19)29-26(33)34/h2-13,17,30H,14-15H2,1H3,(H,28,29)(H,33,34). The summed E-state index contributed by atoms with van der Waals surface area (Å²) in [5, 5.41) is 12.0. The van der Waals surface area contributed by atoms with Crippen molar-refractivity contribution in [3.63, 3.8) is 0 Å². The van der Waals surface area contributed by atoms with E-state index in [1.54, 1.807) is 41.3 Å². The molecular weight excluding hydrogens is 510 g/mol. The number of para-hydroxylation sites is 1. The van der Waals surface area contributed by atoms with Crippen molar-refractivity contribution in [3.8, 4) is 5.75 Å². The molecule has 3 heterocycles. The fourth-order valence-corrected chi connectivity index (χ4v) is 5.63. The van der Waals surface area contributed by atoms with Gasteiger partial charge in [0.25, 0.3) is 15.9 Å². The summed E-state index contributed by atoms with van der Waals surface area (Å²) >= 11 is 0. The van der Waals surface area contributed by atoms with Crippen molar-refractivity contribution in [1.29, 1.82) is 0 Å². The number of nitrogens with one attached hydrogen (secondary N) is 2. The Morgan fingerprint density at radius 1 is 1.03 bits per heavy atom. The molecule has 0 unspecified atom stereocenters. The maximum absolute atomic E-state index is 13.2. The molecule has 0 bridgehead atoms. The summed E-state index contributed by atoms with van der Waals surface area (Å²) in [6.45, 7) is 0.731. The van der Waals surface area contributed by atoms with Crippen LogP contribution in [0.5, 0.6) is 5.75 Å². The molecule has 0 radical (unpaired) electrons. The molecule has 1 aliphatic rings. The summed E-state index contributed by atoms with van der Waals surface area (Å²) in [6.07, 6.45) is 1.81. The first-order valence-corrected chi connectivity index (χ1v) is 13.0. The number of pyridine rings is 2. The molecule has 0 spiro atoms. The molecule has 5 rings (SSSR count). The predicted octanol–water partition coefficient (Wildman–Crippen LogP) is 3.77. The number of anilines is 2. The van der Waals surface area contributed by atoms with Crippen molar-refractivity contribution in [3.05, 3.63) is 84.2 Å². The fourth-order valence-electron chi connectivity index (χ4n) is 4.40. The van der Waals surface area contributed by atoms with E-state index in [1.165, 1.54) is 43.8 Å². The third kappa shape index (κ3) is 4.81. The van der Waals surface area contributed by atoms with Crippen LogP contribution in [-0.4, -0.2) is 60.6 Å². The number of methoxy groups -OCH3 is 1. The van der Waals surface area contributed by atoms with Gasteiger partial charge in [0.2, 0.25) is 0 Å². The quantitative estimate of drug-likeness (QED) is 0.325. The van der Waals surface area contributed by atoms with Gasteiger partial charge in [-0.3, -0.25) is 19.8 Å². The van der Waals surface area contributed by atoms with Crippen molar-refractivity contribution in [2.24, 2.45) is 0 Å². The highest BCUT2D eigenvalue weighted by atomic mass is 32.2. The van der Waals surface area contributed by atoms with Gasteiger partial charge >= 0.3 is 6.09 Å². The number of rotatable bonds is 7. The second-order valence-corrected chi connectivity index (χ2v) is 10.3. The number of likely N-dealkylation sites (tertiary alicyclic amines) is 1. The molecule has 1 aliphatic heterocycles. The lowest BCUT2D eigenvalue weighted by Gasteiger charge is -2.40. The Bertz CT molecular complexity index is 1650. The molecule has 12 heteroatoms. The first-order valence-electron chi connectivity index (χ1n) is 11.6. The van der Waals surface area contributed by atoms with E-state index in [2.05, 4.69) is 20.0 Å². The largest absolute Gasteiger partial charge is 0.496 e. The van der Waals surface area contributed by atoms with Gasteiger partial charge in [-0.1, -0.05) is 24.3 Å². The summed E-state index contributed by atoms with van der Waals surface area (Å²) in [5.74, 6) is 0.0836. The molecular formula is C26H23N5O6S. The van der Waals surface area contributed by atoms with Gasteiger partial charge in [0.15, 0.2) is 0 Å². The van der Waals surface area contributed by atoms with Gasteiger partial charge in [-0.25, -0.2) is 18.2 Å². The molecule has 2 amide bonds. The molecule has 0 saturated carbocycles. The topological polar surface area (TPSA) is 151 Å². The number of hydrogen-bond acceptors (Lipinski definition) is 7. The SMILES string of the molecule is COc1cc(NS(=O)(=O)c2cccc3cccnc23)ccc1C(=O)N1CC(c2cccnc2NC(=O)O)C1. The molecule has 1 saturated heterocycles. The van der Waals surface area contributed by atoms with Crippen molar-refractivity contribution < 1.29 is 27.9 Å². The van der Waals surface area contributed by atoms with Crippen LogP contribution in [0.15, 0.2) is 78.0 Å². The maximum Gasteiger partial charge on any atom is 0.410 e. The third-order valence-electron chi connectivity index (χ3n) is 6.24.